The second-order valence-corrected chi connectivity index (χ2v) is 12.0. The van der Waals surface area contributed by atoms with Gasteiger partial charge in [0.05, 0.1) is 11.7 Å². The lowest BCUT2D eigenvalue weighted by atomic mass is 9.97. The van der Waals surface area contributed by atoms with Crippen LogP contribution in [0.25, 0.3) is 27.6 Å². The molecule has 2 atom stereocenters. The van der Waals surface area contributed by atoms with Crippen LogP contribution in [0.5, 0.6) is 0 Å². The number of anilines is 1. The molecule has 6 aromatic rings. The van der Waals surface area contributed by atoms with Gasteiger partial charge in [0.2, 0.25) is 0 Å². The Morgan fingerprint density at radius 3 is 1.98 bits per heavy atom. The predicted octanol–water partition coefficient (Wildman–Crippen LogP) is 9.86. The van der Waals surface area contributed by atoms with E-state index in [-0.39, 0.29) is 11.4 Å². The van der Waals surface area contributed by atoms with Crippen LogP contribution >= 0.6 is 11.8 Å². The van der Waals surface area contributed by atoms with Crippen molar-refractivity contribution in [1.29, 1.82) is 0 Å². The Morgan fingerprint density at radius 1 is 0.535 bits per heavy atom. The molecule has 2 unspecified atom stereocenters. The van der Waals surface area contributed by atoms with E-state index in [1.165, 1.54) is 43.6 Å². The molecule has 2 aliphatic heterocycles. The van der Waals surface area contributed by atoms with E-state index in [1.807, 2.05) is 17.8 Å². The summed E-state index contributed by atoms with van der Waals surface area (Å²) < 4.78 is 0. The lowest BCUT2D eigenvalue weighted by molar-refractivity contribution is 0.781. The van der Waals surface area contributed by atoms with Gasteiger partial charge < -0.3 is 10.6 Å². The summed E-state index contributed by atoms with van der Waals surface area (Å²) in [4.78, 5) is 6.43. The maximum absolute atomic E-state index is 5.12. The van der Waals surface area contributed by atoms with Crippen molar-refractivity contribution in [1.82, 2.24) is 5.32 Å². The average molecular weight is 572 g/mol. The van der Waals surface area contributed by atoms with Gasteiger partial charge in [-0.2, -0.15) is 0 Å². The quantitative estimate of drug-likeness (QED) is 0.216. The Hall–Kier alpha value is -5.06. The summed E-state index contributed by atoms with van der Waals surface area (Å²) >= 11 is 1.90. The molecule has 0 radical (unpaired) electrons. The van der Waals surface area contributed by atoms with E-state index in [1.54, 1.807) is 0 Å². The average Bonchev–Trinajstić information content (AvgIpc) is 3.54. The highest BCUT2D eigenvalue weighted by Gasteiger charge is 2.25. The molecule has 0 spiro atoms. The monoisotopic (exact) mass is 571 g/mol. The molecule has 2 N–H and O–H groups in total. The van der Waals surface area contributed by atoms with Crippen molar-refractivity contribution in [2.45, 2.75) is 16.3 Å². The Bertz CT molecular complexity index is 2000. The predicted molar refractivity (Wildman–Crippen MR) is 181 cm³/mol. The molecule has 0 bridgehead atoms. The van der Waals surface area contributed by atoms with Crippen LogP contribution in [0.2, 0.25) is 0 Å². The fourth-order valence-electron chi connectivity index (χ4n) is 5.92. The van der Waals surface area contributed by atoms with Gasteiger partial charge in [0, 0.05) is 16.1 Å². The van der Waals surface area contributed by atoms with Crippen molar-refractivity contribution in [3.63, 3.8) is 0 Å². The summed E-state index contributed by atoms with van der Waals surface area (Å²) in [7, 11) is 0. The van der Waals surface area contributed by atoms with E-state index in [9.17, 15) is 0 Å². The number of nitrogens with zero attached hydrogens (tertiary/aromatic N) is 1. The van der Waals surface area contributed by atoms with Crippen LogP contribution in [0.3, 0.4) is 0 Å². The SMILES string of the molecule is C1=C(c2ccccc2)N=C(c2cccc(-c3ccc4ccc5c(c4c3)SC(c3ccccc3)N5)c2)NC1c1ccccc1. The Labute approximate surface area is 256 Å². The highest BCUT2D eigenvalue weighted by Crippen LogP contribution is 2.50. The van der Waals surface area contributed by atoms with Crippen LogP contribution in [0, 0.1) is 0 Å². The molecule has 0 fully saturated rings. The standard InChI is InChI=1S/C39H29N3S/c1-4-11-27(12-5-1)35-25-36(28-13-6-2-7-14-28)41-38(40-35)32-18-10-17-30(23-32)31-20-19-26-21-22-34-37(33(26)24-31)43-39(42-34)29-15-8-3-9-16-29/h1-25,35,39,42H,(H,40,41). The van der Waals surface area contributed by atoms with Crippen LogP contribution < -0.4 is 10.6 Å². The lowest BCUT2D eigenvalue weighted by Gasteiger charge is -2.24. The van der Waals surface area contributed by atoms with Crippen molar-refractivity contribution in [2.24, 2.45) is 4.99 Å². The highest BCUT2D eigenvalue weighted by molar-refractivity contribution is 8.00. The van der Waals surface area contributed by atoms with Crippen molar-refractivity contribution < 1.29 is 0 Å². The summed E-state index contributed by atoms with van der Waals surface area (Å²) in [5.41, 5.74) is 9.23. The zero-order valence-electron chi connectivity index (χ0n) is 23.4. The summed E-state index contributed by atoms with van der Waals surface area (Å²) in [6, 6.07) is 51.7. The fourth-order valence-corrected chi connectivity index (χ4v) is 7.19. The molecule has 6 aromatic carbocycles. The first-order chi connectivity index (χ1) is 21.3. The third-order valence-corrected chi connectivity index (χ3v) is 9.44. The number of aliphatic imine (C=N–C) groups is 1. The summed E-state index contributed by atoms with van der Waals surface area (Å²) in [6.07, 6.45) is 2.22. The summed E-state index contributed by atoms with van der Waals surface area (Å²) in [5.74, 6) is 0.879. The number of benzene rings is 6. The molecule has 3 nitrogen and oxygen atoms in total. The smallest absolute Gasteiger partial charge is 0.134 e. The van der Waals surface area contributed by atoms with E-state index in [4.69, 9.17) is 4.99 Å². The van der Waals surface area contributed by atoms with Gasteiger partial charge in [0.15, 0.2) is 0 Å². The molecule has 8 rings (SSSR count). The van der Waals surface area contributed by atoms with Crippen LogP contribution in [-0.2, 0) is 0 Å². The van der Waals surface area contributed by atoms with Crippen molar-refractivity contribution in [3.8, 4) is 11.1 Å². The number of hydrogen-bond donors (Lipinski definition) is 2. The van der Waals surface area contributed by atoms with E-state index < -0.39 is 0 Å². The van der Waals surface area contributed by atoms with E-state index >= 15 is 0 Å². The van der Waals surface area contributed by atoms with Gasteiger partial charge >= 0.3 is 0 Å². The van der Waals surface area contributed by atoms with Gasteiger partial charge in [0.25, 0.3) is 0 Å². The third-order valence-electron chi connectivity index (χ3n) is 8.14. The number of thioether (sulfide) groups is 1. The van der Waals surface area contributed by atoms with Crippen LogP contribution in [0.4, 0.5) is 5.69 Å². The Balaban J connectivity index is 1.16. The highest BCUT2D eigenvalue weighted by atomic mass is 32.2. The zero-order chi connectivity index (χ0) is 28.6. The third kappa shape index (κ3) is 5.00. The largest absolute Gasteiger partial charge is 0.368 e. The van der Waals surface area contributed by atoms with Crippen molar-refractivity contribution in [3.05, 3.63) is 174 Å². The molecule has 0 saturated carbocycles. The number of amidine groups is 1. The maximum atomic E-state index is 5.12. The molecule has 206 valence electrons. The fraction of sp³-hybridized carbons (Fsp3) is 0.0513. The number of rotatable bonds is 5. The van der Waals surface area contributed by atoms with E-state index in [0.29, 0.717) is 0 Å². The molecular formula is C39H29N3S. The van der Waals surface area contributed by atoms with Crippen LogP contribution in [-0.4, -0.2) is 5.84 Å². The van der Waals surface area contributed by atoms with Gasteiger partial charge in [-0.1, -0.05) is 139 Å². The van der Waals surface area contributed by atoms with Gasteiger partial charge in [0.1, 0.15) is 11.2 Å². The molecule has 43 heavy (non-hydrogen) atoms. The first kappa shape index (κ1) is 25.6. The summed E-state index contributed by atoms with van der Waals surface area (Å²) in [5, 5.41) is 10.2. The van der Waals surface area contributed by atoms with E-state index in [2.05, 4.69) is 156 Å². The van der Waals surface area contributed by atoms with E-state index in [0.717, 1.165) is 22.7 Å². The second kappa shape index (κ2) is 11.0. The number of hydrogen-bond acceptors (Lipinski definition) is 4. The van der Waals surface area contributed by atoms with Gasteiger partial charge in [-0.05, 0) is 62.9 Å². The molecule has 0 amide bonds. The number of nitrogens with one attached hydrogen (secondary N) is 2. The minimum Gasteiger partial charge on any atom is -0.368 e. The molecule has 2 heterocycles. The Kier molecular flexibility index (Phi) is 6.54. The molecular weight excluding hydrogens is 543 g/mol. The molecule has 0 saturated heterocycles. The van der Waals surface area contributed by atoms with Crippen LogP contribution in [0.1, 0.15) is 33.7 Å². The maximum Gasteiger partial charge on any atom is 0.134 e. The van der Waals surface area contributed by atoms with Crippen molar-refractivity contribution >= 4 is 39.8 Å². The van der Waals surface area contributed by atoms with Crippen LogP contribution in [0.15, 0.2) is 162 Å². The minimum atomic E-state index is 0.0258. The first-order valence-electron chi connectivity index (χ1n) is 14.6. The minimum absolute atomic E-state index is 0.0258. The Morgan fingerprint density at radius 2 is 1.19 bits per heavy atom. The lowest BCUT2D eigenvalue weighted by Crippen LogP contribution is -2.31. The second-order valence-electron chi connectivity index (χ2n) is 10.9. The van der Waals surface area contributed by atoms with Gasteiger partial charge in [-0.25, -0.2) is 4.99 Å². The zero-order valence-corrected chi connectivity index (χ0v) is 24.3. The normalized spacial score (nSPS) is 17.4. The molecule has 0 aromatic heterocycles. The first-order valence-corrected chi connectivity index (χ1v) is 15.5. The molecule has 4 heteroatoms. The molecule has 2 aliphatic rings. The summed E-state index contributed by atoms with van der Waals surface area (Å²) in [6.45, 7) is 0. The van der Waals surface area contributed by atoms with Gasteiger partial charge in [-0.3, -0.25) is 0 Å². The van der Waals surface area contributed by atoms with Gasteiger partial charge in [-0.15, -0.1) is 0 Å². The molecule has 0 aliphatic carbocycles. The number of fused-ring (bicyclic) bond motifs is 3. The van der Waals surface area contributed by atoms with Crippen molar-refractivity contribution in [2.75, 3.05) is 5.32 Å². The topological polar surface area (TPSA) is 36.4 Å².